The van der Waals surface area contributed by atoms with Crippen molar-refractivity contribution >= 4 is 15.9 Å². The molecule has 6 nitrogen and oxygen atoms in total. The molecule has 0 radical (unpaired) electrons. The highest BCUT2D eigenvalue weighted by molar-refractivity contribution is 7.89. The first-order chi connectivity index (χ1) is 11.4. The topological polar surface area (TPSA) is 92.5 Å². The normalized spacial score (nSPS) is 18.4. The van der Waals surface area contributed by atoms with Crippen molar-refractivity contribution in [2.45, 2.75) is 50.0 Å². The van der Waals surface area contributed by atoms with E-state index in [0.717, 1.165) is 31.5 Å². The zero-order valence-corrected chi connectivity index (χ0v) is 15.0. The van der Waals surface area contributed by atoms with Crippen molar-refractivity contribution in [3.8, 4) is 0 Å². The molecule has 1 aromatic rings. The average Bonchev–Trinajstić information content (AvgIpc) is 2.49. The van der Waals surface area contributed by atoms with Gasteiger partial charge in [0.15, 0.2) is 0 Å². The highest BCUT2D eigenvalue weighted by Gasteiger charge is 2.15. The lowest BCUT2D eigenvalue weighted by Gasteiger charge is -2.24. The van der Waals surface area contributed by atoms with E-state index in [9.17, 15) is 13.2 Å². The van der Waals surface area contributed by atoms with E-state index in [-0.39, 0.29) is 16.8 Å². The Hall–Kier alpha value is -1.44. The fourth-order valence-electron chi connectivity index (χ4n) is 2.99. The Labute approximate surface area is 144 Å². The number of nitrogens with one attached hydrogen (secondary N) is 1. The number of likely N-dealkylation sites (tertiary alicyclic amines) is 1. The Kier molecular flexibility index (Phi) is 6.77. The van der Waals surface area contributed by atoms with Crippen molar-refractivity contribution in [3.63, 3.8) is 0 Å². The molecule has 134 valence electrons. The van der Waals surface area contributed by atoms with Gasteiger partial charge in [0.05, 0.1) is 17.5 Å². The van der Waals surface area contributed by atoms with Gasteiger partial charge in [0, 0.05) is 0 Å². The summed E-state index contributed by atoms with van der Waals surface area (Å²) >= 11 is 0. The first kappa shape index (κ1) is 18.9. The van der Waals surface area contributed by atoms with Gasteiger partial charge < -0.3 is 5.32 Å². The molecule has 1 heterocycles. The van der Waals surface area contributed by atoms with Gasteiger partial charge in [-0.1, -0.05) is 31.4 Å². The predicted octanol–water partition coefficient (Wildman–Crippen LogP) is 1.78. The molecule has 0 aliphatic carbocycles. The van der Waals surface area contributed by atoms with Gasteiger partial charge in [0.2, 0.25) is 15.9 Å². The zero-order valence-electron chi connectivity index (χ0n) is 14.2. The van der Waals surface area contributed by atoms with E-state index >= 15 is 0 Å². The van der Waals surface area contributed by atoms with Crippen LogP contribution < -0.4 is 10.5 Å². The predicted molar refractivity (Wildman–Crippen MR) is 93.9 cm³/mol. The Balaban J connectivity index is 1.88. The summed E-state index contributed by atoms with van der Waals surface area (Å²) in [6, 6.07) is 6.11. The highest BCUT2D eigenvalue weighted by atomic mass is 32.2. The van der Waals surface area contributed by atoms with Gasteiger partial charge in [-0.05, 0) is 50.6 Å². The molecule has 7 heteroatoms. The number of carbonyl (C=O) groups excluding carboxylic acids is 1. The molecule has 1 aromatic carbocycles. The monoisotopic (exact) mass is 353 g/mol. The molecule has 0 unspecified atom stereocenters. The van der Waals surface area contributed by atoms with E-state index in [0.29, 0.717) is 6.54 Å². The molecule has 0 bridgehead atoms. The number of nitrogens with zero attached hydrogens (tertiary/aromatic N) is 1. The lowest BCUT2D eigenvalue weighted by atomic mass is 10.1. The molecular weight excluding hydrogens is 326 g/mol. The third kappa shape index (κ3) is 5.89. The number of hydrogen-bond donors (Lipinski definition) is 2. The minimum atomic E-state index is -3.69. The van der Waals surface area contributed by atoms with Crippen molar-refractivity contribution in [3.05, 3.63) is 29.8 Å². The van der Waals surface area contributed by atoms with Crippen LogP contribution in [-0.4, -0.2) is 38.9 Å². The molecule has 0 aromatic heterocycles. The van der Waals surface area contributed by atoms with Gasteiger partial charge in [-0.2, -0.15) is 0 Å². The van der Waals surface area contributed by atoms with E-state index in [1.807, 2.05) is 6.92 Å². The maximum absolute atomic E-state index is 12.3. The van der Waals surface area contributed by atoms with Crippen LogP contribution in [0.15, 0.2) is 29.2 Å². The molecule has 2 rings (SSSR count). The fraction of sp³-hybridized carbons (Fsp3) is 0.588. The number of nitrogens with two attached hydrogens (primary N) is 1. The first-order valence-electron chi connectivity index (χ1n) is 8.51. The summed E-state index contributed by atoms with van der Waals surface area (Å²) in [4.78, 5) is 14.5. The van der Waals surface area contributed by atoms with Crippen LogP contribution in [0.3, 0.4) is 0 Å². The summed E-state index contributed by atoms with van der Waals surface area (Å²) in [5.74, 6) is -0.00130. The number of carbonyl (C=O) groups is 1. The molecule has 1 fully saturated rings. The Morgan fingerprint density at radius 3 is 2.21 bits per heavy atom. The third-order valence-electron chi connectivity index (χ3n) is 4.40. The standard InChI is InChI=1S/C17H27N3O3S/c1-14(15-7-9-16(10-8-15)24(18,22)23)19-17(21)13-20-11-5-3-2-4-6-12-20/h7-10,14H,2-6,11-13H2,1H3,(H,19,21)(H2,18,22,23)/t14-/m1/s1. The molecule has 0 saturated carbocycles. The molecule has 24 heavy (non-hydrogen) atoms. The van der Waals surface area contributed by atoms with E-state index in [1.54, 1.807) is 12.1 Å². The average molecular weight is 353 g/mol. The van der Waals surface area contributed by atoms with Crippen LogP contribution in [0.1, 0.15) is 50.6 Å². The molecule has 3 N–H and O–H groups in total. The zero-order chi connectivity index (χ0) is 17.6. The first-order valence-corrected chi connectivity index (χ1v) is 10.1. The molecule has 1 aliphatic heterocycles. The van der Waals surface area contributed by atoms with Crippen LogP contribution in [0.25, 0.3) is 0 Å². The molecule has 1 atom stereocenters. The Morgan fingerprint density at radius 2 is 1.67 bits per heavy atom. The van der Waals surface area contributed by atoms with Gasteiger partial charge in [-0.15, -0.1) is 0 Å². The van der Waals surface area contributed by atoms with E-state index in [1.165, 1.54) is 31.4 Å². The van der Waals surface area contributed by atoms with Gasteiger partial charge in [0.25, 0.3) is 0 Å². The van der Waals surface area contributed by atoms with Crippen LogP contribution >= 0.6 is 0 Å². The minimum Gasteiger partial charge on any atom is -0.348 e. The van der Waals surface area contributed by atoms with Crippen molar-refractivity contribution < 1.29 is 13.2 Å². The summed E-state index contributed by atoms with van der Waals surface area (Å²) in [7, 11) is -3.69. The van der Waals surface area contributed by atoms with Crippen LogP contribution in [-0.2, 0) is 14.8 Å². The summed E-state index contributed by atoms with van der Waals surface area (Å²) in [5.41, 5.74) is 0.850. The molecule has 1 saturated heterocycles. The molecule has 0 spiro atoms. The van der Waals surface area contributed by atoms with Gasteiger partial charge in [0.1, 0.15) is 0 Å². The van der Waals surface area contributed by atoms with Crippen LogP contribution in [0.4, 0.5) is 0 Å². The number of sulfonamides is 1. The Morgan fingerprint density at radius 1 is 1.12 bits per heavy atom. The maximum atomic E-state index is 12.3. The van der Waals surface area contributed by atoms with Gasteiger partial charge in [-0.3, -0.25) is 9.69 Å². The van der Waals surface area contributed by atoms with E-state index in [2.05, 4.69) is 10.2 Å². The van der Waals surface area contributed by atoms with Crippen molar-refractivity contribution in [1.29, 1.82) is 0 Å². The summed E-state index contributed by atoms with van der Waals surface area (Å²) in [5, 5.41) is 8.07. The maximum Gasteiger partial charge on any atom is 0.238 e. The smallest absolute Gasteiger partial charge is 0.238 e. The van der Waals surface area contributed by atoms with E-state index in [4.69, 9.17) is 5.14 Å². The van der Waals surface area contributed by atoms with Crippen molar-refractivity contribution in [2.24, 2.45) is 5.14 Å². The van der Waals surface area contributed by atoms with E-state index < -0.39 is 10.0 Å². The quantitative estimate of drug-likeness (QED) is 0.844. The van der Waals surface area contributed by atoms with Crippen LogP contribution in [0.5, 0.6) is 0 Å². The summed E-state index contributed by atoms with van der Waals surface area (Å²) in [6.45, 7) is 4.26. The second-order valence-corrected chi connectivity index (χ2v) is 8.01. The minimum absolute atomic E-state index is 0.00130. The third-order valence-corrected chi connectivity index (χ3v) is 5.33. The lowest BCUT2D eigenvalue weighted by Crippen LogP contribution is -2.39. The Bertz CT molecular complexity index is 636. The second kappa shape index (κ2) is 8.60. The van der Waals surface area contributed by atoms with Crippen LogP contribution in [0.2, 0.25) is 0 Å². The lowest BCUT2D eigenvalue weighted by molar-refractivity contribution is -0.123. The van der Waals surface area contributed by atoms with Gasteiger partial charge >= 0.3 is 0 Å². The van der Waals surface area contributed by atoms with Crippen molar-refractivity contribution in [1.82, 2.24) is 10.2 Å². The van der Waals surface area contributed by atoms with Crippen molar-refractivity contribution in [2.75, 3.05) is 19.6 Å². The summed E-state index contributed by atoms with van der Waals surface area (Å²) in [6.07, 6.45) is 6.08. The number of rotatable bonds is 5. The number of amides is 1. The number of hydrogen-bond acceptors (Lipinski definition) is 4. The van der Waals surface area contributed by atoms with Gasteiger partial charge in [-0.25, -0.2) is 13.6 Å². The summed E-state index contributed by atoms with van der Waals surface area (Å²) < 4.78 is 22.5. The van der Waals surface area contributed by atoms with Crippen LogP contribution in [0, 0.1) is 0 Å². The molecule has 1 amide bonds. The fourth-order valence-corrected chi connectivity index (χ4v) is 3.51. The molecule has 1 aliphatic rings. The largest absolute Gasteiger partial charge is 0.348 e. The second-order valence-electron chi connectivity index (χ2n) is 6.45. The number of primary sulfonamides is 1. The highest BCUT2D eigenvalue weighted by Crippen LogP contribution is 2.16. The number of benzene rings is 1. The molecular formula is C17H27N3O3S. The SMILES string of the molecule is C[C@@H](NC(=O)CN1CCCCCCC1)c1ccc(S(N)(=O)=O)cc1.